The normalized spacial score (nSPS) is 15.3. The summed E-state index contributed by atoms with van der Waals surface area (Å²) in [7, 11) is 0. The van der Waals surface area contributed by atoms with Crippen LogP contribution in [0, 0.1) is 6.92 Å². The maximum Gasteiger partial charge on any atom is 0.573 e. The van der Waals surface area contributed by atoms with E-state index in [0.29, 0.717) is 47.2 Å². The van der Waals surface area contributed by atoms with Gasteiger partial charge in [-0.05, 0) is 19.1 Å². The van der Waals surface area contributed by atoms with Crippen LogP contribution in [0.5, 0.6) is 5.75 Å². The highest BCUT2D eigenvalue weighted by molar-refractivity contribution is 7.22. The molecule has 7 nitrogen and oxygen atoms in total. The van der Waals surface area contributed by atoms with E-state index in [1.165, 1.54) is 29.5 Å². The molecule has 0 N–H and O–H groups in total. The van der Waals surface area contributed by atoms with E-state index in [1.807, 2.05) is 4.90 Å². The Morgan fingerprint density at radius 3 is 2.61 bits per heavy atom. The largest absolute Gasteiger partial charge is 0.573 e. The summed E-state index contributed by atoms with van der Waals surface area (Å²) in [5.74, 6) is -0.269. The Hall–Kier alpha value is -2.82. The van der Waals surface area contributed by atoms with Crippen LogP contribution in [-0.4, -0.2) is 53.5 Å². The second kappa shape index (κ2) is 6.97. The number of halogens is 3. The number of thiazole rings is 1. The minimum atomic E-state index is -4.73. The molecule has 11 heteroatoms. The zero-order valence-corrected chi connectivity index (χ0v) is 15.5. The predicted octanol–water partition coefficient (Wildman–Crippen LogP) is 3.45. The van der Waals surface area contributed by atoms with Crippen molar-refractivity contribution in [2.75, 3.05) is 31.1 Å². The molecule has 1 saturated heterocycles. The second-order valence-electron chi connectivity index (χ2n) is 6.29. The lowest BCUT2D eigenvalue weighted by Crippen LogP contribution is -2.48. The van der Waals surface area contributed by atoms with E-state index in [2.05, 4.69) is 14.9 Å². The van der Waals surface area contributed by atoms with Gasteiger partial charge in [0.25, 0.3) is 5.91 Å². The first-order chi connectivity index (χ1) is 13.3. The van der Waals surface area contributed by atoms with Crippen LogP contribution >= 0.6 is 11.3 Å². The lowest BCUT2D eigenvalue weighted by atomic mass is 10.3. The van der Waals surface area contributed by atoms with Crippen molar-refractivity contribution in [3.8, 4) is 5.75 Å². The maximum atomic E-state index is 12.4. The molecular weight excluding hydrogens is 397 g/mol. The predicted molar refractivity (Wildman–Crippen MR) is 95.7 cm³/mol. The van der Waals surface area contributed by atoms with Crippen LogP contribution in [0.2, 0.25) is 0 Å². The summed E-state index contributed by atoms with van der Waals surface area (Å²) in [6, 6.07) is 5.68. The fraction of sp³-hybridized carbons (Fsp3) is 0.353. The van der Waals surface area contributed by atoms with Gasteiger partial charge in [-0.2, -0.15) is 0 Å². The van der Waals surface area contributed by atoms with Crippen molar-refractivity contribution in [1.29, 1.82) is 0 Å². The molecule has 28 heavy (non-hydrogen) atoms. The van der Waals surface area contributed by atoms with E-state index < -0.39 is 6.36 Å². The van der Waals surface area contributed by atoms with Gasteiger partial charge in [0, 0.05) is 38.3 Å². The quantitative estimate of drug-likeness (QED) is 0.656. The number of piperazine rings is 1. The van der Waals surface area contributed by atoms with Crippen LogP contribution in [-0.2, 0) is 0 Å². The lowest BCUT2D eigenvalue weighted by Gasteiger charge is -2.33. The van der Waals surface area contributed by atoms with Crippen LogP contribution in [0.4, 0.5) is 18.3 Å². The summed E-state index contributed by atoms with van der Waals surface area (Å²) in [4.78, 5) is 20.6. The Morgan fingerprint density at radius 1 is 1.21 bits per heavy atom. The molecule has 1 aromatic carbocycles. The van der Waals surface area contributed by atoms with Gasteiger partial charge in [0.1, 0.15) is 5.75 Å². The summed E-state index contributed by atoms with van der Waals surface area (Å²) in [5, 5.41) is 4.42. The van der Waals surface area contributed by atoms with Crippen molar-refractivity contribution < 1.29 is 27.2 Å². The van der Waals surface area contributed by atoms with Crippen molar-refractivity contribution >= 4 is 32.6 Å². The highest BCUT2D eigenvalue weighted by atomic mass is 32.1. The van der Waals surface area contributed by atoms with Gasteiger partial charge in [0.2, 0.25) is 5.76 Å². The standard InChI is InChI=1S/C17H15F3N4O3S/c1-10-8-13(27-22-10)15(25)23-4-6-24(7-5-23)16-21-12-3-2-11(9-14(12)28-16)26-17(18,19)20/h2-3,8-9H,4-7H2,1H3. The number of anilines is 1. The van der Waals surface area contributed by atoms with Crippen molar-refractivity contribution in [3.63, 3.8) is 0 Å². The van der Waals surface area contributed by atoms with E-state index in [-0.39, 0.29) is 17.4 Å². The van der Waals surface area contributed by atoms with Crippen molar-refractivity contribution in [2.24, 2.45) is 0 Å². The number of aromatic nitrogens is 2. The smallest absolute Gasteiger partial charge is 0.406 e. The molecule has 0 aliphatic carbocycles. The van der Waals surface area contributed by atoms with Crippen LogP contribution in [0.1, 0.15) is 16.2 Å². The molecule has 1 fully saturated rings. The topological polar surface area (TPSA) is 71.7 Å². The number of hydrogen-bond acceptors (Lipinski definition) is 7. The van der Waals surface area contributed by atoms with Gasteiger partial charge in [-0.3, -0.25) is 4.79 Å². The molecule has 3 aromatic rings. The summed E-state index contributed by atoms with van der Waals surface area (Å²) in [6.07, 6.45) is -4.73. The molecule has 1 amide bonds. The fourth-order valence-electron chi connectivity index (χ4n) is 2.95. The number of carbonyl (C=O) groups excluding carboxylic acids is 1. The molecule has 0 unspecified atom stereocenters. The third kappa shape index (κ3) is 3.88. The number of benzene rings is 1. The van der Waals surface area contributed by atoms with Gasteiger partial charge in [-0.1, -0.05) is 16.5 Å². The minimum Gasteiger partial charge on any atom is -0.406 e. The van der Waals surface area contributed by atoms with Crippen LogP contribution < -0.4 is 9.64 Å². The van der Waals surface area contributed by atoms with E-state index in [0.717, 1.165) is 0 Å². The van der Waals surface area contributed by atoms with Gasteiger partial charge in [-0.15, -0.1) is 13.2 Å². The number of rotatable bonds is 3. The van der Waals surface area contributed by atoms with Gasteiger partial charge in [0.05, 0.1) is 15.9 Å². The summed E-state index contributed by atoms with van der Waals surface area (Å²) in [6.45, 7) is 3.83. The molecule has 1 aliphatic heterocycles. The SMILES string of the molecule is Cc1cc(C(=O)N2CCN(c3nc4ccc(OC(F)(F)F)cc4s3)CC2)on1. The zero-order valence-electron chi connectivity index (χ0n) is 14.7. The molecule has 0 radical (unpaired) electrons. The summed E-state index contributed by atoms with van der Waals surface area (Å²) >= 11 is 1.29. The summed E-state index contributed by atoms with van der Waals surface area (Å²) < 4.78 is 46.7. The molecule has 0 atom stereocenters. The van der Waals surface area contributed by atoms with Crippen molar-refractivity contribution in [1.82, 2.24) is 15.0 Å². The van der Waals surface area contributed by atoms with E-state index >= 15 is 0 Å². The van der Waals surface area contributed by atoms with E-state index in [9.17, 15) is 18.0 Å². The minimum absolute atomic E-state index is 0.210. The third-order valence-corrected chi connectivity index (χ3v) is 5.34. The van der Waals surface area contributed by atoms with Gasteiger partial charge < -0.3 is 19.1 Å². The highest BCUT2D eigenvalue weighted by Crippen LogP contribution is 2.33. The fourth-order valence-corrected chi connectivity index (χ4v) is 3.99. The summed E-state index contributed by atoms with van der Waals surface area (Å²) in [5.41, 5.74) is 1.25. The molecule has 148 valence electrons. The van der Waals surface area contributed by atoms with Crippen molar-refractivity contribution in [2.45, 2.75) is 13.3 Å². The van der Waals surface area contributed by atoms with Crippen LogP contribution in [0.15, 0.2) is 28.8 Å². The first-order valence-electron chi connectivity index (χ1n) is 8.42. The monoisotopic (exact) mass is 412 g/mol. The molecule has 4 rings (SSSR count). The van der Waals surface area contributed by atoms with Crippen LogP contribution in [0.3, 0.4) is 0 Å². The first-order valence-corrected chi connectivity index (χ1v) is 9.24. The van der Waals surface area contributed by atoms with Crippen LogP contribution in [0.25, 0.3) is 10.2 Å². The lowest BCUT2D eigenvalue weighted by molar-refractivity contribution is -0.274. The average molecular weight is 412 g/mol. The highest BCUT2D eigenvalue weighted by Gasteiger charge is 2.31. The number of alkyl halides is 3. The Bertz CT molecular complexity index is 1010. The Morgan fingerprint density at radius 2 is 1.96 bits per heavy atom. The Balaban J connectivity index is 1.44. The molecular formula is C17H15F3N4O3S. The van der Waals surface area contributed by atoms with E-state index in [4.69, 9.17) is 4.52 Å². The van der Waals surface area contributed by atoms with E-state index in [1.54, 1.807) is 17.9 Å². The molecule has 0 saturated carbocycles. The molecule has 0 spiro atoms. The number of aryl methyl sites for hydroxylation is 1. The molecule has 0 bridgehead atoms. The molecule has 2 aromatic heterocycles. The second-order valence-corrected chi connectivity index (χ2v) is 7.29. The number of fused-ring (bicyclic) bond motifs is 1. The number of amides is 1. The third-order valence-electron chi connectivity index (χ3n) is 4.26. The zero-order chi connectivity index (χ0) is 19.9. The maximum absolute atomic E-state index is 12.4. The average Bonchev–Trinajstić information content (AvgIpc) is 3.26. The number of carbonyl (C=O) groups is 1. The number of ether oxygens (including phenoxy) is 1. The number of hydrogen-bond donors (Lipinski definition) is 0. The molecule has 1 aliphatic rings. The van der Waals surface area contributed by atoms with Gasteiger partial charge in [0.15, 0.2) is 5.13 Å². The van der Waals surface area contributed by atoms with Gasteiger partial charge >= 0.3 is 6.36 Å². The van der Waals surface area contributed by atoms with Crippen molar-refractivity contribution in [3.05, 3.63) is 35.7 Å². The van der Waals surface area contributed by atoms with Gasteiger partial charge in [-0.25, -0.2) is 4.98 Å². The first kappa shape index (κ1) is 18.5. The Labute approximate surface area is 161 Å². The molecule has 3 heterocycles. The Kier molecular flexibility index (Phi) is 4.61. The number of nitrogens with zero attached hydrogens (tertiary/aromatic N) is 4.